The number of aryl methyl sites for hydroxylation is 2. The van der Waals surface area contributed by atoms with E-state index in [2.05, 4.69) is 15.9 Å². The molecule has 0 aliphatic heterocycles. The third-order valence-electron chi connectivity index (χ3n) is 3.12. The van der Waals surface area contributed by atoms with Crippen molar-refractivity contribution < 1.29 is 0 Å². The Morgan fingerprint density at radius 1 is 0.947 bits per heavy atom. The highest BCUT2D eigenvalue weighted by Gasteiger charge is 2.18. The van der Waals surface area contributed by atoms with Gasteiger partial charge >= 0.3 is 0 Å². The molecule has 0 heterocycles. The zero-order valence-corrected chi connectivity index (χ0v) is 14.3. The van der Waals surface area contributed by atoms with E-state index in [4.69, 9.17) is 34.8 Å². The second-order valence-corrected chi connectivity index (χ2v) is 6.62. The molecule has 0 aromatic heterocycles. The molecule has 0 spiro atoms. The largest absolute Gasteiger partial charge is 0.112 e. The summed E-state index contributed by atoms with van der Waals surface area (Å²) in [4.78, 5) is 0. The van der Waals surface area contributed by atoms with Crippen LogP contribution in [-0.2, 0) is 0 Å². The SMILES string of the molecule is Cc1cc(Cl)c(C(Cl)c2cc(Cl)ccc2Br)cc1C. The van der Waals surface area contributed by atoms with E-state index in [1.165, 1.54) is 5.56 Å². The summed E-state index contributed by atoms with van der Waals surface area (Å²) in [5.74, 6) is 0. The van der Waals surface area contributed by atoms with Crippen molar-refractivity contribution in [3.8, 4) is 0 Å². The molecule has 0 amide bonds. The van der Waals surface area contributed by atoms with E-state index in [0.717, 1.165) is 21.2 Å². The molecule has 1 atom stereocenters. The van der Waals surface area contributed by atoms with E-state index in [9.17, 15) is 0 Å². The maximum Gasteiger partial charge on any atom is 0.0861 e. The van der Waals surface area contributed by atoms with Crippen LogP contribution in [-0.4, -0.2) is 0 Å². The van der Waals surface area contributed by atoms with Crippen LogP contribution >= 0.6 is 50.7 Å². The predicted octanol–water partition coefficient (Wildman–Crippen LogP) is 6.70. The van der Waals surface area contributed by atoms with Crippen molar-refractivity contribution in [2.45, 2.75) is 19.2 Å². The van der Waals surface area contributed by atoms with Gasteiger partial charge in [-0.05, 0) is 60.4 Å². The Morgan fingerprint density at radius 3 is 2.26 bits per heavy atom. The number of alkyl halides is 1. The smallest absolute Gasteiger partial charge is 0.0861 e. The second-order valence-electron chi connectivity index (χ2n) is 4.49. The van der Waals surface area contributed by atoms with Crippen molar-refractivity contribution in [2.24, 2.45) is 0 Å². The molecule has 0 aliphatic carbocycles. The number of hydrogen-bond donors (Lipinski definition) is 0. The molecule has 0 N–H and O–H groups in total. The van der Waals surface area contributed by atoms with Crippen LogP contribution < -0.4 is 0 Å². The molecule has 0 saturated carbocycles. The third-order valence-corrected chi connectivity index (χ3v) is 4.87. The molecule has 19 heavy (non-hydrogen) atoms. The van der Waals surface area contributed by atoms with Gasteiger partial charge in [-0.1, -0.05) is 45.2 Å². The van der Waals surface area contributed by atoms with Crippen molar-refractivity contribution in [3.63, 3.8) is 0 Å². The minimum atomic E-state index is -0.333. The first-order valence-electron chi connectivity index (χ1n) is 5.76. The van der Waals surface area contributed by atoms with Gasteiger partial charge < -0.3 is 0 Å². The van der Waals surface area contributed by atoms with Crippen LogP contribution in [0.3, 0.4) is 0 Å². The second kappa shape index (κ2) is 6.05. The van der Waals surface area contributed by atoms with Crippen LogP contribution in [0, 0.1) is 13.8 Å². The van der Waals surface area contributed by atoms with Crippen molar-refractivity contribution in [3.05, 3.63) is 67.1 Å². The van der Waals surface area contributed by atoms with Gasteiger partial charge in [-0.2, -0.15) is 0 Å². The summed E-state index contributed by atoms with van der Waals surface area (Å²) in [5.41, 5.74) is 4.14. The maximum absolute atomic E-state index is 6.57. The Morgan fingerprint density at radius 2 is 1.58 bits per heavy atom. The average molecular weight is 379 g/mol. The van der Waals surface area contributed by atoms with Crippen molar-refractivity contribution >= 4 is 50.7 Å². The van der Waals surface area contributed by atoms with Crippen molar-refractivity contribution in [2.75, 3.05) is 0 Å². The van der Waals surface area contributed by atoms with Crippen molar-refractivity contribution in [1.82, 2.24) is 0 Å². The first-order chi connectivity index (χ1) is 8.90. The van der Waals surface area contributed by atoms with Crippen LogP contribution in [0.2, 0.25) is 10.0 Å². The molecule has 0 aliphatic rings. The number of hydrogen-bond acceptors (Lipinski definition) is 0. The van der Waals surface area contributed by atoms with Crippen LogP contribution in [0.5, 0.6) is 0 Å². The number of rotatable bonds is 2. The topological polar surface area (TPSA) is 0 Å². The highest BCUT2D eigenvalue weighted by Crippen LogP contribution is 2.39. The molecule has 2 aromatic rings. The van der Waals surface area contributed by atoms with E-state index in [1.54, 1.807) is 0 Å². The Bertz CT molecular complexity index is 623. The summed E-state index contributed by atoms with van der Waals surface area (Å²) in [6, 6.07) is 9.54. The normalized spacial score (nSPS) is 12.5. The van der Waals surface area contributed by atoms with E-state index in [-0.39, 0.29) is 5.38 Å². The predicted molar refractivity (Wildman–Crippen MR) is 87.8 cm³/mol. The standard InChI is InChI=1S/C15H12BrCl3/c1-8-5-12(14(18)6-9(8)2)15(19)11-7-10(17)3-4-13(11)16/h3-7,15H,1-2H3. The van der Waals surface area contributed by atoms with E-state index in [1.807, 2.05) is 44.2 Å². The third kappa shape index (κ3) is 3.28. The van der Waals surface area contributed by atoms with Gasteiger partial charge in [0.05, 0.1) is 5.38 Å². The van der Waals surface area contributed by atoms with Gasteiger partial charge in [-0.3, -0.25) is 0 Å². The Balaban J connectivity index is 2.52. The molecule has 2 rings (SSSR count). The Hall–Kier alpha value is -0.210. The summed E-state index contributed by atoms with van der Waals surface area (Å²) < 4.78 is 0.922. The fourth-order valence-corrected chi connectivity index (χ4v) is 3.41. The molecule has 0 radical (unpaired) electrons. The van der Waals surface area contributed by atoms with E-state index < -0.39 is 0 Å². The highest BCUT2D eigenvalue weighted by molar-refractivity contribution is 9.10. The summed E-state index contributed by atoms with van der Waals surface area (Å²) >= 11 is 22.4. The zero-order valence-electron chi connectivity index (χ0n) is 10.5. The van der Waals surface area contributed by atoms with E-state index >= 15 is 0 Å². The fourth-order valence-electron chi connectivity index (χ4n) is 1.87. The minimum Gasteiger partial charge on any atom is -0.112 e. The van der Waals surface area contributed by atoms with Gasteiger partial charge in [-0.15, -0.1) is 11.6 Å². The van der Waals surface area contributed by atoms with Gasteiger partial charge in [0.25, 0.3) is 0 Å². The molecule has 0 nitrogen and oxygen atoms in total. The van der Waals surface area contributed by atoms with Gasteiger partial charge in [0.1, 0.15) is 0 Å². The summed E-state index contributed by atoms with van der Waals surface area (Å²) in [6.07, 6.45) is 0. The fraction of sp³-hybridized carbons (Fsp3) is 0.200. The summed E-state index contributed by atoms with van der Waals surface area (Å²) in [5, 5.41) is 0.999. The van der Waals surface area contributed by atoms with E-state index in [0.29, 0.717) is 10.0 Å². The molecule has 0 fully saturated rings. The van der Waals surface area contributed by atoms with Gasteiger partial charge in [0, 0.05) is 14.5 Å². The van der Waals surface area contributed by atoms with Gasteiger partial charge in [-0.25, -0.2) is 0 Å². The lowest BCUT2D eigenvalue weighted by atomic mass is 10.00. The van der Waals surface area contributed by atoms with Crippen LogP contribution in [0.1, 0.15) is 27.6 Å². The Kier molecular flexibility index (Phi) is 4.84. The molecule has 0 saturated heterocycles. The first-order valence-corrected chi connectivity index (χ1v) is 7.74. The molecule has 1 unspecified atom stereocenters. The first kappa shape index (κ1) is 15.2. The zero-order chi connectivity index (χ0) is 14.2. The molecule has 4 heteroatoms. The van der Waals surface area contributed by atoms with Gasteiger partial charge in [0.2, 0.25) is 0 Å². The van der Waals surface area contributed by atoms with Crippen LogP contribution in [0.4, 0.5) is 0 Å². The lowest BCUT2D eigenvalue weighted by Crippen LogP contribution is -1.98. The Labute approximate surface area is 136 Å². The van der Waals surface area contributed by atoms with Gasteiger partial charge in [0.15, 0.2) is 0 Å². The average Bonchev–Trinajstić information content (AvgIpc) is 2.36. The summed E-state index contributed by atoms with van der Waals surface area (Å²) in [6.45, 7) is 4.08. The number of halogens is 4. The van der Waals surface area contributed by atoms with Crippen LogP contribution in [0.15, 0.2) is 34.8 Å². The molecule has 2 aromatic carbocycles. The quantitative estimate of drug-likeness (QED) is 0.510. The summed E-state index contributed by atoms with van der Waals surface area (Å²) in [7, 11) is 0. The molecular formula is C15H12BrCl3. The molecule has 0 bridgehead atoms. The monoisotopic (exact) mass is 376 g/mol. The lowest BCUT2D eigenvalue weighted by molar-refractivity contribution is 1.11. The maximum atomic E-state index is 6.57. The number of benzene rings is 2. The van der Waals surface area contributed by atoms with Crippen molar-refractivity contribution in [1.29, 1.82) is 0 Å². The highest BCUT2D eigenvalue weighted by atomic mass is 79.9. The molecular weight excluding hydrogens is 366 g/mol. The lowest BCUT2D eigenvalue weighted by Gasteiger charge is -2.16. The minimum absolute atomic E-state index is 0.333. The molecule has 100 valence electrons. The van der Waals surface area contributed by atoms with Crippen LogP contribution in [0.25, 0.3) is 0 Å².